The number of anilines is 1. The monoisotopic (exact) mass is 445 g/mol. The van der Waals surface area contributed by atoms with E-state index in [0.717, 1.165) is 12.1 Å². The lowest BCUT2D eigenvalue weighted by Gasteiger charge is -2.13. The highest BCUT2D eigenvalue weighted by atomic mass is 35.5. The first kappa shape index (κ1) is 21.3. The second kappa shape index (κ2) is 9.39. The van der Waals surface area contributed by atoms with Crippen molar-refractivity contribution in [1.82, 2.24) is 10.9 Å². The van der Waals surface area contributed by atoms with Crippen LogP contribution in [0.2, 0.25) is 10.0 Å². The molecule has 3 N–H and O–H groups in total. The van der Waals surface area contributed by atoms with E-state index in [0.29, 0.717) is 0 Å². The van der Waals surface area contributed by atoms with Gasteiger partial charge < -0.3 is 5.32 Å². The van der Waals surface area contributed by atoms with Crippen LogP contribution in [0.15, 0.2) is 66.7 Å². The smallest absolute Gasteiger partial charge is 0.271 e. The molecule has 0 aliphatic carbocycles. The van der Waals surface area contributed by atoms with Crippen LogP contribution in [-0.4, -0.2) is 17.7 Å². The Morgan fingerprint density at radius 3 is 2.03 bits per heavy atom. The van der Waals surface area contributed by atoms with Crippen LogP contribution in [0.5, 0.6) is 0 Å². The van der Waals surface area contributed by atoms with Crippen molar-refractivity contribution < 1.29 is 18.8 Å². The maximum Gasteiger partial charge on any atom is 0.271 e. The first-order valence-electron chi connectivity index (χ1n) is 8.57. The summed E-state index contributed by atoms with van der Waals surface area (Å²) in [7, 11) is 0. The maximum absolute atomic E-state index is 13.1. The zero-order chi connectivity index (χ0) is 21.7. The molecule has 0 saturated heterocycles. The van der Waals surface area contributed by atoms with Gasteiger partial charge in [0.2, 0.25) is 0 Å². The van der Waals surface area contributed by atoms with Crippen LogP contribution < -0.4 is 16.2 Å². The van der Waals surface area contributed by atoms with Crippen molar-refractivity contribution in [2.24, 2.45) is 0 Å². The molecule has 0 aliphatic heterocycles. The molecule has 0 unspecified atom stereocenters. The van der Waals surface area contributed by atoms with Crippen molar-refractivity contribution in [2.75, 3.05) is 5.32 Å². The van der Waals surface area contributed by atoms with E-state index in [-0.39, 0.29) is 32.4 Å². The van der Waals surface area contributed by atoms with Gasteiger partial charge in [-0.15, -0.1) is 0 Å². The lowest BCUT2D eigenvalue weighted by molar-refractivity contribution is 0.0847. The standard InChI is InChI=1S/C21H14Cl2FN3O3/c22-13-7-10-16(18(11-13)25-19(28)12-5-8-14(24)9-6-12)21(30)27-26-20(29)15-3-1-2-4-17(15)23/h1-11H,(H,25,28)(H,26,29)(H,27,30). The molecule has 0 saturated carbocycles. The lowest BCUT2D eigenvalue weighted by Crippen LogP contribution is -2.42. The predicted octanol–water partition coefficient (Wildman–Crippen LogP) is 4.46. The number of hydrogen-bond acceptors (Lipinski definition) is 3. The maximum atomic E-state index is 13.1. The average molecular weight is 446 g/mol. The zero-order valence-electron chi connectivity index (χ0n) is 15.2. The molecule has 30 heavy (non-hydrogen) atoms. The van der Waals surface area contributed by atoms with E-state index < -0.39 is 23.5 Å². The predicted molar refractivity (Wildman–Crippen MR) is 112 cm³/mol. The molecular formula is C21H14Cl2FN3O3. The third-order valence-corrected chi connectivity index (χ3v) is 4.55. The van der Waals surface area contributed by atoms with Crippen molar-refractivity contribution in [2.45, 2.75) is 0 Å². The third-order valence-electron chi connectivity index (χ3n) is 3.99. The zero-order valence-corrected chi connectivity index (χ0v) is 16.7. The van der Waals surface area contributed by atoms with Gasteiger partial charge in [-0.05, 0) is 54.6 Å². The normalized spacial score (nSPS) is 10.2. The summed E-state index contributed by atoms with van der Waals surface area (Å²) < 4.78 is 13.1. The van der Waals surface area contributed by atoms with Gasteiger partial charge in [0, 0.05) is 10.6 Å². The minimum Gasteiger partial charge on any atom is -0.321 e. The number of hydrogen-bond donors (Lipinski definition) is 3. The number of halogens is 3. The van der Waals surface area contributed by atoms with E-state index in [1.165, 1.54) is 36.4 Å². The summed E-state index contributed by atoms with van der Waals surface area (Å²) in [5.74, 6) is -2.35. The number of rotatable bonds is 4. The van der Waals surface area contributed by atoms with Gasteiger partial charge in [0.05, 0.1) is 21.8 Å². The largest absolute Gasteiger partial charge is 0.321 e. The van der Waals surface area contributed by atoms with Crippen molar-refractivity contribution in [1.29, 1.82) is 0 Å². The molecule has 0 atom stereocenters. The molecular weight excluding hydrogens is 432 g/mol. The fourth-order valence-electron chi connectivity index (χ4n) is 2.51. The average Bonchev–Trinajstić information content (AvgIpc) is 2.72. The SMILES string of the molecule is O=C(Nc1cc(Cl)ccc1C(=O)NNC(=O)c1ccccc1Cl)c1ccc(F)cc1. The van der Waals surface area contributed by atoms with Gasteiger partial charge in [-0.25, -0.2) is 4.39 Å². The van der Waals surface area contributed by atoms with Gasteiger partial charge in [-0.2, -0.15) is 0 Å². The van der Waals surface area contributed by atoms with Crippen molar-refractivity contribution >= 4 is 46.6 Å². The van der Waals surface area contributed by atoms with Crippen LogP contribution in [0.4, 0.5) is 10.1 Å². The topological polar surface area (TPSA) is 87.3 Å². The summed E-state index contributed by atoms with van der Waals surface area (Å²) in [5.41, 5.74) is 5.06. The van der Waals surface area contributed by atoms with Gasteiger partial charge in [0.15, 0.2) is 0 Å². The van der Waals surface area contributed by atoms with Crippen molar-refractivity contribution in [3.63, 3.8) is 0 Å². The minimum atomic E-state index is -0.693. The Hall–Kier alpha value is -3.42. The Kier molecular flexibility index (Phi) is 6.66. The molecule has 0 bridgehead atoms. The number of carbonyl (C=O) groups is 3. The van der Waals surface area contributed by atoms with Crippen LogP contribution in [0, 0.1) is 5.82 Å². The number of hydrazine groups is 1. The number of carbonyl (C=O) groups excluding carboxylic acids is 3. The van der Waals surface area contributed by atoms with Crippen LogP contribution in [-0.2, 0) is 0 Å². The summed E-state index contributed by atoms with van der Waals surface area (Å²) in [6, 6.07) is 15.5. The molecule has 152 valence electrons. The molecule has 0 heterocycles. The third kappa shape index (κ3) is 5.14. The second-order valence-electron chi connectivity index (χ2n) is 6.04. The van der Waals surface area contributed by atoms with E-state index in [2.05, 4.69) is 16.2 Å². The van der Waals surface area contributed by atoms with Gasteiger partial charge in [0.25, 0.3) is 17.7 Å². The number of amides is 3. The first-order chi connectivity index (χ1) is 14.3. The highest BCUT2D eigenvalue weighted by Gasteiger charge is 2.17. The Morgan fingerprint density at radius 1 is 0.733 bits per heavy atom. The van der Waals surface area contributed by atoms with Crippen LogP contribution in [0.25, 0.3) is 0 Å². The van der Waals surface area contributed by atoms with Crippen LogP contribution in [0.1, 0.15) is 31.1 Å². The summed E-state index contributed by atoms with van der Waals surface area (Å²) in [6.45, 7) is 0. The van der Waals surface area contributed by atoms with E-state index in [4.69, 9.17) is 23.2 Å². The van der Waals surface area contributed by atoms with Gasteiger partial charge in [-0.1, -0.05) is 35.3 Å². The molecule has 0 aliphatic rings. The number of benzene rings is 3. The van der Waals surface area contributed by atoms with Crippen LogP contribution in [0.3, 0.4) is 0 Å². The molecule has 6 nitrogen and oxygen atoms in total. The molecule has 3 aromatic rings. The van der Waals surface area contributed by atoms with E-state index in [9.17, 15) is 18.8 Å². The Bertz CT molecular complexity index is 1120. The Balaban J connectivity index is 1.74. The highest BCUT2D eigenvalue weighted by Crippen LogP contribution is 2.22. The fourth-order valence-corrected chi connectivity index (χ4v) is 2.90. The van der Waals surface area contributed by atoms with Crippen molar-refractivity contribution in [3.05, 3.63) is 99.3 Å². The summed E-state index contributed by atoms with van der Waals surface area (Å²) in [6.07, 6.45) is 0. The first-order valence-corrected chi connectivity index (χ1v) is 9.32. The fraction of sp³-hybridized carbons (Fsp3) is 0. The van der Waals surface area contributed by atoms with Crippen LogP contribution >= 0.6 is 23.2 Å². The summed E-state index contributed by atoms with van der Waals surface area (Å²) in [5, 5.41) is 3.06. The minimum absolute atomic E-state index is 0.0503. The second-order valence-corrected chi connectivity index (χ2v) is 6.88. The Morgan fingerprint density at radius 2 is 1.37 bits per heavy atom. The van der Waals surface area contributed by atoms with Gasteiger partial charge >= 0.3 is 0 Å². The summed E-state index contributed by atoms with van der Waals surface area (Å²) in [4.78, 5) is 37.2. The molecule has 9 heteroatoms. The molecule has 3 rings (SSSR count). The number of nitrogens with one attached hydrogen (secondary N) is 3. The van der Waals surface area contributed by atoms with E-state index >= 15 is 0 Å². The molecule has 3 amide bonds. The van der Waals surface area contributed by atoms with Crippen molar-refractivity contribution in [3.8, 4) is 0 Å². The molecule has 0 radical (unpaired) electrons. The molecule has 0 aromatic heterocycles. The van der Waals surface area contributed by atoms with Gasteiger partial charge in [-0.3, -0.25) is 25.2 Å². The Labute approximate surface area is 181 Å². The van der Waals surface area contributed by atoms with E-state index in [1.807, 2.05) is 0 Å². The van der Waals surface area contributed by atoms with Gasteiger partial charge in [0.1, 0.15) is 5.82 Å². The summed E-state index contributed by atoms with van der Waals surface area (Å²) >= 11 is 11.9. The molecule has 0 fully saturated rings. The van der Waals surface area contributed by atoms with E-state index in [1.54, 1.807) is 18.2 Å². The molecule has 3 aromatic carbocycles. The lowest BCUT2D eigenvalue weighted by atomic mass is 10.1. The quantitative estimate of drug-likeness (QED) is 0.518. The highest BCUT2D eigenvalue weighted by molar-refractivity contribution is 6.33. The molecule has 0 spiro atoms.